The van der Waals surface area contributed by atoms with Gasteiger partial charge in [0.15, 0.2) is 0 Å². The van der Waals surface area contributed by atoms with Crippen LogP contribution in [-0.2, 0) is 4.74 Å². The second-order valence-corrected chi connectivity index (χ2v) is 7.02. The lowest BCUT2D eigenvalue weighted by molar-refractivity contribution is 0.118. The fourth-order valence-electron chi connectivity index (χ4n) is 3.76. The zero-order chi connectivity index (χ0) is 18.5. The molecule has 0 bridgehead atoms. The smallest absolute Gasteiger partial charge is 0.317 e. The van der Waals surface area contributed by atoms with Crippen molar-refractivity contribution >= 4 is 11.7 Å². The highest BCUT2D eigenvalue weighted by molar-refractivity contribution is 5.74. The lowest BCUT2D eigenvalue weighted by Crippen LogP contribution is -2.52. The van der Waals surface area contributed by atoms with Crippen molar-refractivity contribution in [3.63, 3.8) is 0 Å². The summed E-state index contributed by atoms with van der Waals surface area (Å²) in [6, 6.07) is 8.02. The van der Waals surface area contributed by atoms with Gasteiger partial charge in [-0.2, -0.15) is 0 Å². The number of hydrogen-bond acceptors (Lipinski definition) is 4. The van der Waals surface area contributed by atoms with Crippen LogP contribution >= 0.6 is 0 Å². The van der Waals surface area contributed by atoms with Gasteiger partial charge in [-0.1, -0.05) is 24.3 Å². The molecule has 0 radical (unpaired) electrons. The summed E-state index contributed by atoms with van der Waals surface area (Å²) in [4.78, 5) is 16.7. The summed E-state index contributed by atoms with van der Waals surface area (Å²) in [5.74, 6) is 1.20. The van der Waals surface area contributed by atoms with Crippen molar-refractivity contribution in [2.75, 3.05) is 51.3 Å². The van der Waals surface area contributed by atoms with Gasteiger partial charge in [0.1, 0.15) is 5.75 Å². The molecule has 0 saturated carbocycles. The first kappa shape index (κ1) is 18.6. The van der Waals surface area contributed by atoms with Crippen LogP contribution in [0.15, 0.2) is 36.4 Å². The Labute approximate surface area is 155 Å². The minimum absolute atomic E-state index is 0.0111. The Hall–Kier alpha value is -2.21. The fraction of sp³-hybridized carbons (Fsp3) is 0.550. The number of carbonyl (C=O) groups excluding carboxylic acids is 1. The average molecular weight is 359 g/mol. The summed E-state index contributed by atoms with van der Waals surface area (Å²) in [6.07, 6.45) is 1.04. The first-order chi connectivity index (χ1) is 12.6. The molecule has 142 valence electrons. The molecular formula is C20H29N3O3. The molecule has 26 heavy (non-hydrogen) atoms. The standard InChI is InChI=1S/C20H29N3O3/c1-15(2)19-16(8-13-26-19)14-21-20(24)23-11-9-22(10-12-23)17-6-4-5-7-18(17)25-3/h4-7,16,19H,1,8-14H2,2-3H3,(H,21,24). The van der Waals surface area contributed by atoms with Gasteiger partial charge >= 0.3 is 6.03 Å². The predicted molar refractivity (Wildman–Crippen MR) is 103 cm³/mol. The summed E-state index contributed by atoms with van der Waals surface area (Å²) >= 11 is 0. The van der Waals surface area contributed by atoms with Crippen molar-refractivity contribution in [1.82, 2.24) is 10.2 Å². The summed E-state index contributed by atoms with van der Waals surface area (Å²) in [5.41, 5.74) is 2.12. The second kappa shape index (κ2) is 8.45. The van der Waals surface area contributed by atoms with Crippen LogP contribution in [0.5, 0.6) is 5.75 Å². The maximum Gasteiger partial charge on any atom is 0.317 e. The molecule has 6 nitrogen and oxygen atoms in total. The molecule has 0 spiro atoms. The third-order valence-electron chi connectivity index (χ3n) is 5.21. The number of methoxy groups -OCH3 is 1. The average Bonchev–Trinajstić information content (AvgIpc) is 3.15. The Kier molecular flexibility index (Phi) is 6.04. The van der Waals surface area contributed by atoms with Crippen LogP contribution in [0.3, 0.4) is 0 Å². The van der Waals surface area contributed by atoms with Gasteiger partial charge in [0, 0.05) is 45.2 Å². The van der Waals surface area contributed by atoms with Crippen molar-refractivity contribution in [2.45, 2.75) is 19.4 Å². The normalized spacial score (nSPS) is 23.0. The molecule has 2 heterocycles. The molecule has 0 aromatic heterocycles. The number of nitrogens with one attached hydrogen (secondary N) is 1. The molecule has 3 rings (SSSR count). The van der Waals surface area contributed by atoms with Gasteiger partial charge in [0.2, 0.25) is 0 Å². The molecule has 6 heteroatoms. The molecule has 2 unspecified atom stereocenters. The first-order valence-electron chi connectivity index (χ1n) is 9.28. The van der Waals surface area contributed by atoms with E-state index in [0.29, 0.717) is 25.6 Å². The number of urea groups is 1. The molecule has 2 amide bonds. The molecule has 1 aromatic rings. The third-order valence-corrected chi connectivity index (χ3v) is 5.21. The van der Waals surface area contributed by atoms with E-state index in [0.717, 1.165) is 43.1 Å². The van der Waals surface area contributed by atoms with Crippen LogP contribution in [0.1, 0.15) is 13.3 Å². The summed E-state index contributed by atoms with van der Waals surface area (Å²) in [6.45, 7) is 10.4. The minimum atomic E-state index is 0.0111. The van der Waals surface area contributed by atoms with E-state index < -0.39 is 0 Å². The lowest BCUT2D eigenvalue weighted by atomic mass is 9.97. The van der Waals surface area contributed by atoms with E-state index in [2.05, 4.69) is 22.9 Å². The van der Waals surface area contributed by atoms with E-state index in [1.54, 1.807) is 7.11 Å². The molecule has 1 N–H and O–H groups in total. The number of hydrogen-bond donors (Lipinski definition) is 1. The van der Waals surface area contributed by atoms with Crippen molar-refractivity contribution in [2.24, 2.45) is 5.92 Å². The van der Waals surface area contributed by atoms with Gasteiger partial charge in [-0.15, -0.1) is 0 Å². The highest BCUT2D eigenvalue weighted by Gasteiger charge is 2.30. The Bertz CT molecular complexity index is 641. The van der Waals surface area contributed by atoms with Gasteiger partial charge in [0.25, 0.3) is 0 Å². The lowest BCUT2D eigenvalue weighted by Gasteiger charge is -2.36. The van der Waals surface area contributed by atoms with Crippen LogP contribution in [0, 0.1) is 5.92 Å². The van der Waals surface area contributed by atoms with Crippen molar-refractivity contribution in [1.29, 1.82) is 0 Å². The number of amides is 2. The van der Waals surface area contributed by atoms with E-state index in [1.165, 1.54) is 0 Å². The van der Waals surface area contributed by atoms with E-state index in [-0.39, 0.29) is 12.1 Å². The van der Waals surface area contributed by atoms with Crippen LogP contribution in [0.4, 0.5) is 10.5 Å². The highest BCUT2D eigenvalue weighted by Crippen LogP contribution is 2.28. The summed E-state index contributed by atoms with van der Waals surface area (Å²) in [7, 11) is 1.69. The molecule has 2 aliphatic rings. The number of nitrogens with zero attached hydrogens (tertiary/aromatic N) is 2. The molecule has 2 aliphatic heterocycles. The van der Waals surface area contributed by atoms with Gasteiger partial charge in [-0.3, -0.25) is 0 Å². The zero-order valence-corrected chi connectivity index (χ0v) is 15.7. The Balaban J connectivity index is 1.48. The van der Waals surface area contributed by atoms with E-state index in [9.17, 15) is 4.79 Å². The maximum absolute atomic E-state index is 12.5. The van der Waals surface area contributed by atoms with E-state index >= 15 is 0 Å². The summed E-state index contributed by atoms with van der Waals surface area (Å²) in [5, 5.41) is 3.08. The highest BCUT2D eigenvalue weighted by atomic mass is 16.5. The van der Waals surface area contributed by atoms with Crippen molar-refractivity contribution < 1.29 is 14.3 Å². The van der Waals surface area contributed by atoms with E-state index in [4.69, 9.17) is 9.47 Å². The minimum Gasteiger partial charge on any atom is -0.495 e. The number of piperazine rings is 1. The number of anilines is 1. The SMILES string of the molecule is C=C(C)C1OCCC1CNC(=O)N1CCN(c2ccccc2OC)CC1. The topological polar surface area (TPSA) is 54.0 Å². The largest absolute Gasteiger partial charge is 0.495 e. The second-order valence-electron chi connectivity index (χ2n) is 7.02. The maximum atomic E-state index is 12.5. The molecule has 1 aromatic carbocycles. The number of rotatable bonds is 5. The van der Waals surface area contributed by atoms with Gasteiger partial charge < -0.3 is 24.6 Å². The Morgan fingerprint density at radius 2 is 2.04 bits per heavy atom. The fourth-order valence-corrected chi connectivity index (χ4v) is 3.76. The van der Waals surface area contributed by atoms with Gasteiger partial charge in [0.05, 0.1) is 18.9 Å². The quantitative estimate of drug-likeness (QED) is 0.821. The molecule has 2 fully saturated rings. The molecule has 2 saturated heterocycles. The van der Waals surface area contributed by atoms with Crippen LogP contribution in [0.25, 0.3) is 0 Å². The molecular weight excluding hydrogens is 330 g/mol. The Morgan fingerprint density at radius 1 is 1.31 bits per heavy atom. The molecule has 2 atom stereocenters. The number of carbonyl (C=O) groups is 1. The van der Waals surface area contributed by atoms with Crippen LogP contribution in [0.2, 0.25) is 0 Å². The van der Waals surface area contributed by atoms with Gasteiger partial charge in [-0.25, -0.2) is 4.79 Å². The number of benzene rings is 1. The number of ether oxygens (including phenoxy) is 2. The van der Waals surface area contributed by atoms with Crippen molar-refractivity contribution in [3.05, 3.63) is 36.4 Å². The van der Waals surface area contributed by atoms with E-state index in [1.807, 2.05) is 30.0 Å². The third kappa shape index (κ3) is 4.12. The van der Waals surface area contributed by atoms with Gasteiger partial charge in [-0.05, 0) is 25.5 Å². The molecule has 0 aliphatic carbocycles. The monoisotopic (exact) mass is 359 g/mol. The zero-order valence-electron chi connectivity index (χ0n) is 15.7. The predicted octanol–water partition coefficient (Wildman–Crippen LogP) is 2.51. The summed E-state index contributed by atoms with van der Waals surface area (Å²) < 4.78 is 11.2. The Morgan fingerprint density at radius 3 is 2.73 bits per heavy atom. The first-order valence-corrected chi connectivity index (χ1v) is 9.28. The number of para-hydroxylation sites is 2. The van der Waals surface area contributed by atoms with Crippen LogP contribution in [-0.4, -0.2) is 63.5 Å². The van der Waals surface area contributed by atoms with Crippen LogP contribution < -0.4 is 15.0 Å². The van der Waals surface area contributed by atoms with Crippen molar-refractivity contribution in [3.8, 4) is 5.75 Å².